The molecule has 0 N–H and O–H groups in total. The van der Waals surface area contributed by atoms with Crippen LogP contribution in [0.1, 0.15) is 19.8 Å². The number of allylic oxidation sites excluding steroid dienone is 4. The highest BCUT2D eigenvalue weighted by Crippen LogP contribution is 2.49. The Labute approximate surface area is 86.8 Å². The number of likely N-dealkylation sites (tertiary alicyclic amines) is 1. The van der Waals surface area contributed by atoms with Crippen LogP contribution in [-0.2, 0) is 0 Å². The van der Waals surface area contributed by atoms with E-state index < -0.39 is 0 Å². The fraction of sp³-hybridized carbons (Fsp3) is 0.538. The van der Waals surface area contributed by atoms with E-state index in [1.807, 2.05) is 6.08 Å². The SMILES string of the molecule is C=CC1=C(/C=C\C)C2(CC1)CN(C)C2. The van der Waals surface area contributed by atoms with Crippen LogP contribution in [0, 0.1) is 5.41 Å². The van der Waals surface area contributed by atoms with Gasteiger partial charge in [-0.25, -0.2) is 0 Å². The molecule has 0 aromatic heterocycles. The van der Waals surface area contributed by atoms with Crippen molar-refractivity contribution in [2.75, 3.05) is 20.1 Å². The molecule has 0 amide bonds. The molecule has 0 radical (unpaired) electrons. The van der Waals surface area contributed by atoms with Crippen molar-refractivity contribution in [3.8, 4) is 0 Å². The minimum Gasteiger partial charge on any atom is -0.304 e. The van der Waals surface area contributed by atoms with Gasteiger partial charge in [-0.15, -0.1) is 0 Å². The van der Waals surface area contributed by atoms with Crippen LogP contribution in [0.2, 0.25) is 0 Å². The summed E-state index contributed by atoms with van der Waals surface area (Å²) in [5.74, 6) is 0. The number of hydrogen-bond donors (Lipinski definition) is 0. The summed E-state index contributed by atoms with van der Waals surface area (Å²) in [5.41, 5.74) is 3.49. The second-order valence-electron chi connectivity index (χ2n) is 4.60. The van der Waals surface area contributed by atoms with Crippen LogP contribution in [-0.4, -0.2) is 25.0 Å². The van der Waals surface area contributed by atoms with E-state index in [-0.39, 0.29) is 0 Å². The first-order valence-electron chi connectivity index (χ1n) is 5.39. The van der Waals surface area contributed by atoms with Gasteiger partial charge in [0.25, 0.3) is 0 Å². The molecule has 2 rings (SSSR count). The Bertz CT molecular complexity index is 303. The molecule has 1 nitrogen and oxygen atoms in total. The molecule has 1 fully saturated rings. The Hall–Kier alpha value is -0.820. The van der Waals surface area contributed by atoms with Crippen molar-refractivity contribution in [2.24, 2.45) is 5.41 Å². The fourth-order valence-corrected chi connectivity index (χ4v) is 2.96. The second-order valence-corrected chi connectivity index (χ2v) is 4.60. The largest absolute Gasteiger partial charge is 0.304 e. The van der Waals surface area contributed by atoms with Crippen molar-refractivity contribution in [2.45, 2.75) is 19.8 Å². The summed E-state index contributed by atoms with van der Waals surface area (Å²) in [6.45, 7) is 8.46. The van der Waals surface area contributed by atoms with E-state index in [0.29, 0.717) is 5.41 Å². The average Bonchev–Trinajstić information content (AvgIpc) is 2.45. The van der Waals surface area contributed by atoms with Gasteiger partial charge in [0.1, 0.15) is 0 Å². The Kier molecular flexibility index (Phi) is 2.36. The van der Waals surface area contributed by atoms with Gasteiger partial charge in [0.05, 0.1) is 0 Å². The van der Waals surface area contributed by atoms with E-state index in [9.17, 15) is 0 Å². The van der Waals surface area contributed by atoms with Gasteiger partial charge in [-0.3, -0.25) is 0 Å². The molecule has 0 bridgehead atoms. The first-order chi connectivity index (χ1) is 6.72. The smallest absolute Gasteiger partial charge is 0.0213 e. The van der Waals surface area contributed by atoms with Gasteiger partial charge in [-0.1, -0.05) is 24.8 Å². The van der Waals surface area contributed by atoms with Crippen molar-refractivity contribution in [1.29, 1.82) is 0 Å². The van der Waals surface area contributed by atoms with E-state index >= 15 is 0 Å². The lowest BCUT2D eigenvalue weighted by Gasteiger charge is -2.47. The highest BCUT2D eigenvalue weighted by Gasteiger charge is 2.46. The van der Waals surface area contributed by atoms with Gasteiger partial charge in [0.15, 0.2) is 0 Å². The van der Waals surface area contributed by atoms with E-state index in [0.717, 1.165) is 0 Å². The minimum absolute atomic E-state index is 0.477. The molecule has 14 heavy (non-hydrogen) atoms. The minimum atomic E-state index is 0.477. The Morgan fingerprint density at radius 1 is 1.43 bits per heavy atom. The van der Waals surface area contributed by atoms with E-state index in [1.165, 1.54) is 31.5 Å². The third kappa shape index (κ3) is 1.27. The zero-order valence-electron chi connectivity index (χ0n) is 9.21. The lowest BCUT2D eigenvalue weighted by atomic mass is 9.74. The Morgan fingerprint density at radius 3 is 2.64 bits per heavy atom. The van der Waals surface area contributed by atoms with Crippen molar-refractivity contribution >= 4 is 0 Å². The summed E-state index contributed by atoms with van der Waals surface area (Å²) >= 11 is 0. The Morgan fingerprint density at radius 2 is 2.14 bits per heavy atom. The standard InChI is InChI=1S/C13H19N/c1-4-6-12-11(5-2)7-8-13(12)9-14(3)10-13/h4-6H,2,7-10H2,1,3H3/b6-4-. The summed E-state index contributed by atoms with van der Waals surface area (Å²) in [6, 6.07) is 0. The summed E-state index contributed by atoms with van der Waals surface area (Å²) in [4.78, 5) is 2.40. The van der Waals surface area contributed by atoms with Gasteiger partial charge in [-0.2, -0.15) is 0 Å². The third-order valence-electron chi connectivity index (χ3n) is 3.52. The lowest BCUT2D eigenvalue weighted by Crippen LogP contribution is -2.53. The molecule has 1 heteroatoms. The van der Waals surface area contributed by atoms with Crippen LogP contribution >= 0.6 is 0 Å². The highest BCUT2D eigenvalue weighted by atomic mass is 15.2. The molecule has 1 aliphatic carbocycles. The van der Waals surface area contributed by atoms with Gasteiger partial charge >= 0.3 is 0 Å². The third-order valence-corrected chi connectivity index (χ3v) is 3.52. The topological polar surface area (TPSA) is 3.24 Å². The van der Waals surface area contributed by atoms with Crippen LogP contribution in [0.4, 0.5) is 0 Å². The highest BCUT2D eigenvalue weighted by molar-refractivity contribution is 5.44. The summed E-state index contributed by atoms with van der Waals surface area (Å²) in [6.07, 6.45) is 9.03. The van der Waals surface area contributed by atoms with Gasteiger partial charge < -0.3 is 4.90 Å². The fourth-order valence-electron chi connectivity index (χ4n) is 2.96. The van der Waals surface area contributed by atoms with E-state index in [4.69, 9.17) is 0 Å². The maximum atomic E-state index is 3.91. The van der Waals surface area contributed by atoms with Gasteiger partial charge in [0.2, 0.25) is 0 Å². The van der Waals surface area contributed by atoms with Crippen LogP contribution in [0.3, 0.4) is 0 Å². The molecule has 0 saturated carbocycles. The van der Waals surface area contributed by atoms with Crippen LogP contribution in [0.25, 0.3) is 0 Å². The first kappa shape index (κ1) is 9.72. The molecule has 0 atom stereocenters. The van der Waals surface area contributed by atoms with E-state index in [2.05, 4.69) is 37.6 Å². The van der Waals surface area contributed by atoms with Crippen LogP contribution < -0.4 is 0 Å². The van der Waals surface area contributed by atoms with E-state index in [1.54, 1.807) is 5.57 Å². The molecule has 2 aliphatic rings. The molecule has 1 saturated heterocycles. The average molecular weight is 189 g/mol. The monoisotopic (exact) mass is 189 g/mol. The predicted molar refractivity (Wildman–Crippen MR) is 61.2 cm³/mol. The maximum absolute atomic E-state index is 3.91. The second kappa shape index (κ2) is 3.39. The molecule has 0 aromatic carbocycles. The first-order valence-corrected chi connectivity index (χ1v) is 5.39. The van der Waals surface area contributed by atoms with Crippen molar-refractivity contribution in [3.63, 3.8) is 0 Å². The van der Waals surface area contributed by atoms with Crippen molar-refractivity contribution < 1.29 is 0 Å². The van der Waals surface area contributed by atoms with Crippen molar-refractivity contribution in [1.82, 2.24) is 4.90 Å². The van der Waals surface area contributed by atoms with Crippen LogP contribution in [0.15, 0.2) is 36.0 Å². The predicted octanol–water partition coefficient (Wildman–Crippen LogP) is 2.77. The summed E-state index contributed by atoms with van der Waals surface area (Å²) < 4.78 is 0. The molecule has 1 aliphatic heterocycles. The number of hydrogen-bond acceptors (Lipinski definition) is 1. The van der Waals surface area contributed by atoms with Gasteiger partial charge in [-0.05, 0) is 38.0 Å². The number of nitrogens with zero attached hydrogens (tertiary/aromatic N) is 1. The zero-order valence-corrected chi connectivity index (χ0v) is 9.21. The zero-order chi connectivity index (χ0) is 10.2. The maximum Gasteiger partial charge on any atom is 0.0213 e. The molecule has 76 valence electrons. The molecular weight excluding hydrogens is 170 g/mol. The number of rotatable bonds is 2. The van der Waals surface area contributed by atoms with Gasteiger partial charge in [0, 0.05) is 18.5 Å². The molecule has 1 spiro atoms. The lowest BCUT2D eigenvalue weighted by molar-refractivity contribution is 0.0593. The molecule has 0 unspecified atom stereocenters. The Balaban J connectivity index is 2.29. The van der Waals surface area contributed by atoms with Crippen molar-refractivity contribution in [3.05, 3.63) is 36.0 Å². The normalized spacial score (nSPS) is 26.1. The molecule has 1 heterocycles. The molecular formula is C13H19N. The quantitative estimate of drug-likeness (QED) is 0.645. The van der Waals surface area contributed by atoms with Crippen LogP contribution in [0.5, 0.6) is 0 Å². The summed E-state index contributed by atoms with van der Waals surface area (Å²) in [7, 11) is 2.20. The molecule has 0 aromatic rings. The summed E-state index contributed by atoms with van der Waals surface area (Å²) in [5, 5.41) is 0.